The summed E-state index contributed by atoms with van der Waals surface area (Å²) in [5.41, 5.74) is 2.54. The first kappa shape index (κ1) is 9.22. The molecule has 0 unspecified atom stereocenters. The number of ether oxygens (including phenoxy) is 1. The zero-order chi connectivity index (χ0) is 10.8. The zero-order valence-corrected chi connectivity index (χ0v) is 8.81. The Bertz CT molecular complexity index is 526. The summed E-state index contributed by atoms with van der Waals surface area (Å²) < 4.78 is 5.76. The van der Waals surface area contributed by atoms with Crippen LogP contribution in [0.25, 0.3) is 6.08 Å². The van der Waals surface area contributed by atoms with Gasteiger partial charge in [-0.2, -0.15) is 0 Å². The van der Waals surface area contributed by atoms with Crippen LogP contribution in [0.4, 0.5) is 0 Å². The molecule has 2 aromatic rings. The highest BCUT2D eigenvalue weighted by Crippen LogP contribution is 2.27. The number of benzene rings is 2. The lowest BCUT2D eigenvalue weighted by Crippen LogP contribution is -1.86. The molecule has 0 aromatic heterocycles. The number of para-hydroxylation sites is 1. The van der Waals surface area contributed by atoms with Gasteiger partial charge in [0.15, 0.2) is 0 Å². The van der Waals surface area contributed by atoms with Gasteiger partial charge in [0.05, 0.1) is 0 Å². The fourth-order valence-corrected chi connectivity index (χ4v) is 1.83. The summed E-state index contributed by atoms with van der Waals surface area (Å²) in [5.74, 6) is 1.75. The van der Waals surface area contributed by atoms with E-state index in [4.69, 9.17) is 4.74 Å². The summed E-state index contributed by atoms with van der Waals surface area (Å²) in [6.07, 6.45) is 6.14. The predicted molar refractivity (Wildman–Crippen MR) is 64.4 cm³/mol. The summed E-state index contributed by atoms with van der Waals surface area (Å²) >= 11 is 0. The summed E-state index contributed by atoms with van der Waals surface area (Å²) in [4.78, 5) is 0. The maximum absolute atomic E-state index is 5.76. The van der Waals surface area contributed by atoms with E-state index >= 15 is 0 Å². The van der Waals surface area contributed by atoms with Crippen molar-refractivity contribution in [3.8, 4) is 11.5 Å². The van der Waals surface area contributed by atoms with Crippen molar-refractivity contribution in [1.82, 2.24) is 0 Å². The third kappa shape index (κ3) is 1.72. The maximum atomic E-state index is 5.76. The van der Waals surface area contributed by atoms with Gasteiger partial charge in [0.1, 0.15) is 11.5 Å². The van der Waals surface area contributed by atoms with Crippen LogP contribution in [-0.4, -0.2) is 0 Å². The van der Waals surface area contributed by atoms with E-state index < -0.39 is 0 Å². The number of hydrogen-bond acceptors (Lipinski definition) is 1. The molecule has 1 aliphatic rings. The molecule has 1 aliphatic carbocycles. The second kappa shape index (κ2) is 3.86. The van der Waals surface area contributed by atoms with Crippen molar-refractivity contribution in [2.24, 2.45) is 0 Å². The number of hydrogen-bond donors (Lipinski definition) is 0. The molecule has 77 valence electrons. The zero-order valence-electron chi connectivity index (χ0n) is 8.81. The molecule has 1 nitrogen and oxygen atoms in total. The van der Waals surface area contributed by atoms with Crippen molar-refractivity contribution in [2.75, 3.05) is 0 Å². The lowest BCUT2D eigenvalue weighted by molar-refractivity contribution is 0.482. The molecular formula is C15H11O. The molecule has 0 saturated heterocycles. The number of allylic oxidation sites excluding steroid dienone is 1. The molecule has 0 bridgehead atoms. The van der Waals surface area contributed by atoms with Gasteiger partial charge in [-0.3, -0.25) is 0 Å². The minimum Gasteiger partial charge on any atom is -0.457 e. The van der Waals surface area contributed by atoms with E-state index in [0.29, 0.717) is 0 Å². The molecule has 0 N–H and O–H groups in total. The highest BCUT2D eigenvalue weighted by molar-refractivity contribution is 5.60. The van der Waals surface area contributed by atoms with Crippen molar-refractivity contribution in [3.63, 3.8) is 0 Å². The summed E-state index contributed by atoms with van der Waals surface area (Å²) in [5, 5.41) is 0. The van der Waals surface area contributed by atoms with Gasteiger partial charge in [0.2, 0.25) is 0 Å². The molecule has 0 atom stereocenters. The lowest BCUT2D eigenvalue weighted by atomic mass is 10.1. The van der Waals surface area contributed by atoms with Crippen LogP contribution in [0.1, 0.15) is 11.1 Å². The van der Waals surface area contributed by atoms with Crippen LogP contribution in [0, 0.1) is 6.08 Å². The highest BCUT2D eigenvalue weighted by atomic mass is 16.5. The molecule has 2 aromatic carbocycles. The standard InChI is InChI=1S/C15H11O/c1-2-7-14(8-3-1)16-15-10-9-12-5-4-6-13(12)11-15/h1-3,6-11H,5H2. The topological polar surface area (TPSA) is 9.23 Å². The fraction of sp³-hybridized carbons (Fsp3) is 0.0667. The fourth-order valence-electron chi connectivity index (χ4n) is 1.83. The van der Waals surface area contributed by atoms with Gasteiger partial charge >= 0.3 is 0 Å². The normalized spacial score (nSPS) is 12.5. The lowest BCUT2D eigenvalue weighted by Gasteiger charge is -2.07. The van der Waals surface area contributed by atoms with E-state index in [-0.39, 0.29) is 0 Å². The molecule has 1 radical (unpaired) electrons. The van der Waals surface area contributed by atoms with Gasteiger partial charge in [-0.05, 0) is 47.9 Å². The van der Waals surface area contributed by atoms with Gasteiger partial charge < -0.3 is 4.74 Å². The molecule has 0 amide bonds. The molecule has 0 aliphatic heterocycles. The van der Waals surface area contributed by atoms with Crippen LogP contribution in [0.15, 0.2) is 48.5 Å². The molecule has 16 heavy (non-hydrogen) atoms. The molecule has 0 saturated carbocycles. The molecular weight excluding hydrogens is 196 g/mol. The third-order valence-corrected chi connectivity index (χ3v) is 2.65. The smallest absolute Gasteiger partial charge is 0.128 e. The summed E-state index contributed by atoms with van der Waals surface area (Å²) in [7, 11) is 0. The Morgan fingerprint density at radius 1 is 0.938 bits per heavy atom. The second-order valence-electron chi connectivity index (χ2n) is 3.80. The van der Waals surface area contributed by atoms with Crippen LogP contribution in [0.2, 0.25) is 0 Å². The minimum absolute atomic E-state index is 0.869. The van der Waals surface area contributed by atoms with Crippen LogP contribution in [0.5, 0.6) is 11.5 Å². The van der Waals surface area contributed by atoms with E-state index in [2.05, 4.69) is 18.2 Å². The van der Waals surface area contributed by atoms with E-state index in [1.165, 1.54) is 11.1 Å². The number of rotatable bonds is 2. The van der Waals surface area contributed by atoms with Crippen LogP contribution in [0.3, 0.4) is 0 Å². The minimum atomic E-state index is 0.869. The monoisotopic (exact) mass is 207 g/mol. The van der Waals surface area contributed by atoms with Gasteiger partial charge in [-0.1, -0.05) is 30.3 Å². The van der Waals surface area contributed by atoms with Crippen molar-refractivity contribution in [2.45, 2.75) is 6.42 Å². The Morgan fingerprint density at radius 3 is 2.69 bits per heavy atom. The number of fused-ring (bicyclic) bond motifs is 1. The molecule has 1 heteroatoms. The first-order valence-electron chi connectivity index (χ1n) is 5.34. The second-order valence-corrected chi connectivity index (χ2v) is 3.80. The average molecular weight is 207 g/mol. The third-order valence-electron chi connectivity index (χ3n) is 2.65. The maximum Gasteiger partial charge on any atom is 0.128 e. The molecule has 0 spiro atoms. The Labute approximate surface area is 95.0 Å². The molecule has 0 heterocycles. The summed E-state index contributed by atoms with van der Waals surface area (Å²) in [6, 6.07) is 16.0. The Morgan fingerprint density at radius 2 is 1.81 bits per heavy atom. The van der Waals surface area contributed by atoms with E-state index in [9.17, 15) is 0 Å². The molecule has 0 fully saturated rings. The van der Waals surface area contributed by atoms with E-state index in [0.717, 1.165) is 17.9 Å². The van der Waals surface area contributed by atoms with Crippen LogP contribution in [-0.2, 0) is 6.42 Å². The van der Waals surface area contributed by atoms with Gasteiger partial charge in [0.25, 0.3) is 0 Å². The first-order valence-corrected chi connectivity index (χ1v) is 5.34. The first-order chi connectivity index (χ1) is 7.92. The van der Waals surface area contributed by atoms with E-state index in [1.807, 2.05) is 42.5 Å². The Hall–Kier alpha value is -2.02. The van der Waals surface area contributed by atoms with Crippen LogP contribution >= 0.6 is 0 Å². The van der Waals surface area contributed by atoms with Gasteiger partial charge in [-0.25, -0.2) is 0 Å². The largest absolute Gasteiger partial charge is 0.457 e. The Balaban J connectivity index is 1.88. The molecule has 3 rings (SSSR count). The Kier molecular flexibility index (Phi) is 2.22. The van der Waals surface area contributed by atoms with Crippen molar-refractivity contribution >= 4 is 6.08 Å². The SMILES string of the molecule is [C]1=Cc2cc(Oc3ccccc3)ccc2C1. The summed E-state index contributed by atoms with van der Waals surface area (Å²) in [6.45, 7) is 0. The quantitative estimate of drug-likeness (QED) is 0.726. The van der Waals surface area contributed by atoms with Gasteiger partial charge in [-0.15, -0.1) is 0 Å². The predicted octanol–water partition coefficient (Wildman–Crippen LogP) is 3.85. The van der Waals surface area contributed by atoms with Crippen LogP contribution < -0.4 is 4.74 Å². The van der Waals surface area contributed by atoms with Gasteiger partial charge in [0, 0.05) is 0 Å². The highest BCUT2D eigenvalue weighted by Gasteiger charge is 2.06. The van der Waals surface area contributed by atoms with Crippen molar-refractivity contribution in [1.29, 1.82) is 0 Å². The van der Waals surface area contributed by atoms with Crippen molar-refractivity contribution < 1.29 is 4.74 Å². The van der Waals surface area contributed by atoms with Crippen molar-refractivity contribution in [3.05, 3.63) is 65.7 Å². The van der Waals surface area contributed by atoms with E-state index in [1.54, 1.807) is 0 Å². The average Bonchev–Trinajstić information content (AvgIpc) is 2.77.